The molecule has 28 heavy (non-hydrogen) atoms. The third kappa shape index (κ3) is 8.25. The average molecular weight is 414 g/mol. The molecule has 0 spiro atoms. The molecule has 0 heterocycles. The number of carbonyl (C=O) groups is 2. The minimum Gasteiger partial charge on any atom is -0.504 e. The van der Waals surface area contributed by atoms with Gasteiger partial charge in [-0.2, -0.15) is 0 Å². The molecule has 1 aromatic carbocycles. The highest BCUT2D eigenvalue weighted by Gasteiger charge is 2.27. The van der Waals surface area contributed by atoms with E-state index in [4.69, 9.17) is 22.4 Å². The topological polar surface area (TPSA) is 125 Å². The van der Waals surface area contributed by atoms with Gasteiger partial charge in [0.05, 0.1) is 16.6 Å². The number of aromatic hydroxyl groups is 1. The van der Waals surface area contributed by atoms with E-state index in [0.717, 1.165) is 25.7 Å². The number of carboxylic acids is 1. The molecular weight excluding hydrogens is 382 g/mol. The van der Waals surface area contributed by atoms with Crippen LogP contribution in [0.15, 0.2) is 12.1 Å². The number of carboxylic acid groups (broad SMARTS) is 1. The SMILES string of the molecule is CC(C)(C)CC(C)(C)NC(=O)Nc1cc(N)c(O)c(Cl)c1.O=C(O)C1CCC1. The molecule has 0 aromatic heterocycles. The molecule has 1 aromatic rings. The number of nitrogen functional groups attached to an aromatic ring is 1. The van der Waals surface area contributed by atoms with Crippen LogP contribution in [0.4, 0.5) is 16.2 Å². The van der Waals surface area contributed by atoms with E-state index in [9.17, 15) is 14.7 Å². The average Bonchev–Trinajstić information content (AvgIpc) is 2.38. The highest BCUT2D eigenvalue weighted by molar-refractivity contribution is 6.32. The Labute approximate surface area is 171 Å². The van der Waals surface area contributed by atoms with E-state index in [-0.39, 0.29) is 39.4 Å². The van der Waals surface area contributed by atoms with Gasteiger partial charge in [0.25, 0.3) is 0 Å². The van der Waals surface area contributed by atoms with Gasteiger partial charge < -0.3 is 26.6 Å². The Hall–Kier alpha value is -2.15. The molecule has 0 saturated heterocycles. The number of nitrogens with one attached hydrogen (secondary N) is 2. The first kappa shape index (κ1) is 23.9. The number of amides is 2. The first-order chi connectivity index (χ1) is 12.7. The van der Waals surface area contributed by atoms with E-state index in [1.807, 2.05) is 13.8 Å². The van der Waals surface area contributed by atoms with Crippen molar-refractivity contribution >= 4 is 35.0 Å². The lowest BCUT2D eigenvalue weighted by atomic mass is 9.82. The van der Waals surface area contributed by atoms with Crippen molar-refractivity contribution in [3.05, 3.63) is 17.2 Å². The summed E-state index contributed by atoms with van der Waals surface area (Å²) in [5.74, 6) is -0.804. The van der Waals surface area contributed by atoms with Crippen LogP contribution in [0.25, 0.3) is 0 Å². The van der Waals surface area contributed by atoms with E-state index in [2.05, 4.69) is 31.4 Å². The van der Waals surface area contributed by atoms with Crippen molar-refractivity contribution in [3.63, 3.8) is 0 Å². The largest absolute Gasteiger partial charge is 0.504 e. The Morgan fingerprint density at radius 3 is 2.14 bits per heavy atom. The van der Waals surface area contributed by atoms with Crippen molar-refractivity contribution < 1.29 is 19.8 Å². The van der Waals surface area contributed by atoms with Crippen molar-refractivity contribution in [3.8, 4) is 5.75 Å². The molecule has 1 aliphatic rings. The number of phenols is 1. The molecule has 2 amide bonds. The summed E-state index contributed by atoms with van der Waals surface area (Å²) in [6.45, 7) is 10.3. The molecular formula is C20H32ClN3O4. The van der Waals surface area contributed by atoms with E-state index in [0.29, 0.717) is 5.69 Å². The molecule has 0 aliphatic heterocycles. The first-order valence-corrected chi connectivity index (χ1v) is 9.68. The van der Waals surface area contributed by atoms with Crippen LogP contribution in [0.2, 0.25) is 5.02 Å². The summed E-state index contributed by atoms with van der Waals surface area (Å²) in [7, 11) is 0. The molecule has 0 bridgehead atoms. The van der Waals surface area contributed by atoms with Crippen molar-refractivity contribution in [1.29, 1.82) is 0 Å². The second kappa shape index (κ2) is 9.37. The minimum absolute atomic E-state index is 0.000000000000000444. The fourth-order valence-electron chi connectivity index (χ4n) is 3.19. The maximum absolute atomic E-state index is 12.1. The van der Waals surface area contributed by atoms with Gasteiger partial charge >= 0.3 is 12.0 Å². The number of anilines is 2. The Morgan fingerprint density at radius 2 is 1.79 bits per heavy atom. The third-order valence-corrected chi connectivity index (χ3v) is 4.52. The van der Waals surface area contributed by atoms with Gasteiger partial charge in [0.1, 0.15) is 0 Å². The van der Waals surface area contributed by atoms with Crippen molar-refractivity contribution in [1.82, 2.24) is 5.32 Å². The molecule has 0 atom stereocenters. The van der Waals surface area contributed by atoms with Crippen molar-refractivity contribution in [2.75, 3.05) is 11.1 Å². The number of phenolic OH excluding ortho intramolecular Hbond substituents is 1. The fraction of sp³-hybridized carbons (Fsp3) is 0.600. The summed E-state index contributed by atoms with van der Waals surface area (Å²) in [6, 6.07) is 2.56. The zero-order chi connectivity index (χ0) is 21.7. The van der Waals surface area contributed by atoms with Crippen LogP contribution in [0.5, 0.6) is 5.75 Å². The van der Waals surface area contributed by atoms with Crippen molar-refractivity contribution in [2.24, 2.45) is 11.3 Å². The van der Waals surface area contributed by atoms with Gasteiger partial charge in [-0.3, -0.25) is 4.79 Å². The molecule has 0 unspecified atom stereocenters. The number of halogens is 1. The molecule has 1 saturated carbocycles. The quantitative estimate of drug-likeness (QED) is 0.274. The van der Waals surface area contributed by atoms with Gasteiger partial charge in [0.15, 0.2) is 5.75 Å². The Morgan fingerprint density at radius 1 is 1.21 bits per heavy atom. The predicted molar refractivity (Wildman–Crippen MR) is 113 cm³/mol. The summed E-state index contributed by atoms with van der Waals surface area (Å²) < 4.78 is 0. The number of urea groups is 1. The lowest BCUT2D eigenvalue weighted by molar-refractivity contribution is -0.144. The monoisotopic (exact) mass is 413 g/mol. The number of nitrogens with two attached hydrogens (primary N) is 1. The molecule has 1 fully saturated rings. The summed E-state index contributed by atoms with van der Waals surface area (Å²) in [5, 5.41) is 23.4. The van der Waals surface area contributed by atoms with Gasteiger partial charge in [0.2, 0.25) is 0 Å². The van der Waals surface area contributed by atoms with Gasteiger partial charge in [-0.1, -0.05) is 38.8 Å². The number of rotatable bonds is 4. The fourth-order valence-corrected chi connectivity index (χ4v) is 3.41. The summed E-state index contributed by atoms with van der Waals surface area (Å²) >= 11 is 5.82. The zero-order valence-electron chi connectivity index (χ0n) is 17.2. The third-order valence-electron chi connectivity index (χ3n) is 4.23. The standard InChI is InChI=1S/C15H24ClN3O2.C5H8O2/c1-14(2,3)8-15(4,5)19-13(21)18-9-6-10(16)12(20)11(17)7-9;6-5(7)4-2-1-3-4/h6-7,20H,8,17H2,1-5H3,(H2,18,19,21);4H,1-3H2,(H,6,7). The Kier molecular flexibility index (Phi) is 7.99. The number of carbonyl (C=O) groups excluding carboxylic acids is 1. The zero-order valence-corrected chi connectivity index (χ0v) is 18.0. The van der Waals surface area contributed by atoms with Crippen LogP contribution in [0.1, 0.15) is 60.3 Å². The second-order valence-corrected chi connectivity index (χ2v) is 9.47. The number of hydrogen-bond acceptors (Lipinski definition) is 4. The van der Waals surface area contributed by atoms with E-state index >= 15 is 0 Å². The molecule has 7 nitrogen and oxygen atoms in total. The Balaban J connectivity index is 0.000000467. The first-order valence-electron chi connectivity index (χ1n) is 9.30. The Bertz CT molecular complexity index is 687. The molecule has 2 rings (SSSR count). The number of benzene rings is 1. The minimum atomic E-state index is -0.619. The van der Waals surface area contributed by atoms with Crippen molar-refractivity contribution in [2.45, 2.75) is 65.8 Å². The van der Waals surface area contributed by atoms with E-state index in [1.54, 1.807) is 0 Å². The highest BCUT2D eigenvalue weighted by atomic mass is 35.5. The maximum atomic E-state index is 12.1. The van der Waals surface area contributed by atoms with Crippen LogP contribution in [-0.2, 0) is 4.79 Å². The van der Waals surface area contributed by atoms with Gasteiger partial charge in [-0.05, 0) is 50.7 Å². The van der Waals surface area contributed by atoms with Crippen LogP contribution in [0.3, 0.4) is 0 Å². The van der Waals surface area contributed by atoms with Gasteiger partial charge in [-0.25, -0.2) is 4.79 Å². The summed E-state index contributed by atoms with van der Waals surface area (Å²) in [5.41, 5.74) is 5.90. The lowest BCUT2D eigenvalue weighted by Crippen LogP contribution is -2.47. The number of hydrogen-bond donors (Lipinski definition) is 5. The smallest absolute Gasteiger partial charge is 0.319 e. The second-order valence-electron chi connectivity index (χ2n) is 9.06. The van der Waals surface area contributed by atoms with Gasteiger partial charge in [-0.15, -0.1) is 0 Å². The highest BCUT2D eigenvalue weighted by Crippen LogP contribution is 2.33. The summed E-state index contributed by atoms with van der Waals surface area (Å²) in [6.07, 6.45) is 3.73. The molecule has 8 heteroatoms. The number of aliphatic carboxylic acids is 1. The summed E-state index contributed by atoms with van der Waals surface area (Å²) in [4.78, 5) is 22.0. The maximum Gasteiger partial charge on any atom is 0.319 e. The van der Waals surface area contributed by atoms with Crippen LogP contribution >= 0.6 is 11.6 Å². The van der Waals surface area contributed by atoms with E-state index in [1.165, 1.54) is 12.1 Å². The lowest BCUT2D eigenvalue weighted by Gasteiger charge is -2.33. The molecule has 158 valence electrons. The normalized spacial score (nSPS) is 14.4. The van der Waals surface area contributed by atoms with Gasteiger partial charge in [0, 0.05) is 11.2 Å². The van der Waals surface area contributed by atoms with Crippen LogP contribution < -0.4 is 16.4 Å². The van der Waals surface area contributed by atoms with Crippen LogP contribution in [0, 0.1) is 11.3 Å². The molecule has 6 N–H and O–H groups in total. The molecule has 0 radical (unpaired) electrons. The molecule has 1 aliphatic carbocycles. The van der Waals surface area contributed by atoms with E-state index < -0.39 is 5.97 Å². The predicted octanol–water partition coefficient (Wildman–Crippen LogP) is 4.84. The van der Waals surface area contributed by atoms with Crippen LogP contribution in [-0.4, -0.2) is 27.8 Å².